The molecule has 0 aromatic rings. The zero-order valence-corrected chi connectivity index (χ0v) is 73.7. The minimum Gasteiger partial charge on any atom is -0.462 e. The number of hydrogen-bond acceptors (Lipinski definition) is 15. The minimum absolute atomic E-state index is 0.108. The van der Waals surface area contributed by atoms with Gasteiger partial charge in [0.25, 0.3) is 0 Å². The fraction of sp³-hybridized carbons (Fsp3) is 0.956. The van der Waals surface area contributed by atoms with Crippen molar-refractivity contribution in [1.29, 1.82) is 0 Å². The molecule has 0 bridgehead atoms. The van der Waals surface area contributed by atoms with Crippen LogP contribution in [0.2, 0.25) is 0 Å². The molecule has 3 N–H and O–H groups in total. The van der Waals surface area contributed by atoms with Gasteiger partial charge in [-0.3, -0.25) is 37.3 Å². The summed E-state index contributed by atoms with van der Waals surface area (Å²) in [6.45, 7) is 9.76. The van der Waals surface area contributed by atoms with Crippen LogP contribution in [-0.4, -0.2) is 96.7 Å². The van der Waals surface area contributed by atoms with Crippen LogP contribution in [-0.2, 0) is 65.4 Å². The molecule has 648 valence electrons. The second-order valence-electron chi connectivity index (χ2n) is 33.3. The Bertz CT molecular complexity index is 2080. The molecule has 0 radical (unpaired) electrons. The molecule has 19 heteroatoms. The van der Waals surface area contributed by atoms with Gasteiger partial charge in [0.2, 0.25) is 0 Å². The highest BCUT2D eigenvalue weighted by molar-refractivity contribution is 7.47. The van der Waals surface area contributed by atoms with Crippen molar-refractivity contribution in [2.45, 2.75) is 503 Å². The standard InChI is InChI=1S/C90H176O17P2/c1-7-9-11-13-15-17-19-21-22-23-27-30-37-43-49-55-61-67-73-88(93)101-79-86(106-89(94)74-68-62-56-50-44-38-31-28-25-24-26-29-35-40-46-52-58-64-70-82(3)4)81-105-109(98,99)103-77-84(91)76-102-108(96,97)104-80-85(78-100-87(92)72-66-60-54-48-42-34-20-18-16-14-12-10-8-2)107-90(95)75-69-63-57-51-45-39-33-32-36-41-47-53-59-65-71-83(5)6/h82-86,91H,7-81H2,1-6H3,(H,96,97)(H,98,99)/t84-,85+,86+/m0/s1. The Kier molecular flexibility index (Phi) is 79.8. The van der Waals surface area contributed by atoms with Crippen LogP contribution in [0.1, 0.15) is 485 Å². The van der Waals surface area contributed by atoms with Gasteiger partial charge in [0.1, 0.15) is 19.3 Å². The van der Waals surface area contributed by atoms with Gasteiger partial charge in [-0.2, -0.15) is 0 Å². The lowest BCUT2D eigenvalue weighted by Crippen LogP contribution is -2.30. The molecule has 0 aromatic carbocycles. The molecule has 0 heterocycles. The van der Waals surface area contributed by atoms with Crippen molar-refractivity contribution in [3.05, 3.63) is 0 Å². The first-order chi connectivity index (χ1) is 52.9. The monoisotopic (exact) mass is 1590 g/mol. The van der Waals surface area contributed by atoms with Crippen LogP contribution in [0, 0.1) is 11.8 Å². The molecule has 17 nitrogen and oxygen atoms in total. The number of carbonyl (C=O) groups excluding carboxylic acids is 4. The van der Waals surface area contributed by atoms with Gasteiger partial charge in [0.15, 0.2) is 12.2 Å². The average molecular weight is 1590 g/mol. The second kappa shape index (κ2) is 81.2. The summed E-state index contributed by atoms with van der Waals surface area (Å²) in [5.74, 6) is -0.479. The van der Waals surface area contributed by atoms with Gasteiger partial charge >= 0.3 is 39.5 Å². The number of phosphoric acid groups is 2. The molecular formula is C90H176O17P2. The van der Waals surface area contributed by atoms with Gasteiger partial charge in [-0.05, 0) is 37.5 Å². The maximum absolute atomic E-state index is 13.2. The van der Waals surface area contributed by atoms with Gasteiger partial charge in [-0.15, -0.1) is 0 Å². The summed E-state index contributed by atoms with van der Waals surface area (Å²) in [5, 5.41) is 10.7. The van der Waals surface area contributed by atoms with E-state index in [-0.39, 0.29) is 25.7 Å². The van der Waals surface area contributed by atoms with Crippen molar-refractivity contribution in [2.75, 3.05) is 39.6 Å². The molecule has 5 atom stereocenters. The number of ether oxygens (including phenoxy) is 4. The van der Waals surface area contributed by atoms with Crippen molar-refractivity contribution in [3.63, 3.8) is 0 Å². The third kappa shape index (κ3) is 83.8. The van der Waals surface area contributed by atoms with E-state index in [2.05, 4.69) is 41.5 Å². The molecule has 0 aliphatic heterocycles. The summed E-state index contributed by atoms with van der Waals surface area (Å²) in [4.78, 5) is 73.4. The topological polar surface area (TPSA) is 237 Å². The number of aliphatic hydroxyl groups is 1. The number of aliphatic hydroxyl groups excluding tert-OH is 1. The maximum atomic E-state index is 13.2. The minimum atomic E-state index is -4.97. The van der Waals surface area contributed by atoms with Crippen LogP contribution in [0.5, 0.6) is 0 Å². The Morgan fingerprint density at radius 2 is 0.422 bits per heavy atom. The first-order valence-electron chi connectivity index (χ1n) is 46.5. The van der Waals surface area contributed by atoms with Crippen molar-refractivity contribution in [3.8, 4) is 0 Å². The van der Waals surface area contributed by atoms with Gasteiger partial charge < -0.3 is 33.8 Å². The molecule has 109 heavy (non-hydrogen) atoms. The number of unbranched alkanes of at least 4 members (excludes halogenated alkanes) is 59. The summed E-state index contributed by atoms with van der Waals surface area (Å²) >= 11 is 0. The molecule has 0 aliphatic carbocycles. The SMILES string of the molecule is CCCCCCCCCCCCCCCCCCCCC(=O)OC[C@H](COP(=O)(O)OC[C@@H](O)COP(=O)(O)OC[C@@H](COC(=O)CCCCCCCCCCCCCCC)OC(=O)CCCCCCCCCCCCCCCCC(C)C)OC(=O)CCCCCCCCCCCCCCCCCCCCC(C)C. The van der Waals surface area contributed by atoms with Crippen molar-refractivity contribution in [1.82, 2.24) is 0 Å². The van der Waals surface area contributed by atoms with Gasteiger partial charge in [-0.1, -0.05) is 433 Å². The Morgan fingerprint density at radius 1 is 0.248 bits per heavy atom. The predicted molar refractivity (Wildman–Crippen MR) is 451 cm³/mol. The summed E-state index contributed by atoms with van der Waals surface area (Å²) in [6.07, 6.45) is 74.9. The predicted octanol–water partition coefficient (Wildman–Crippen LogP) is 27.8. The van der Waals surface area contributed by atoms with Crippen molar-refractivity contribution >= 4 is 39.5 Å². The first kappa shape index (κ1) is 107. The third-order valence-electron chi connectivity index (χ3n) is 21.2. The van der Waals surface area contributed by atoms with Crippen LogP contribution in [0.4, 0.5) is 0 Å². The van der Waals surface area contributed by atoms with E-state index < -0.39 is 97.5 Å². The van der Waals surface area contributed by atoms with Crippen molar-refractivity contribution < 1.29 is 80.2 Å². The van der Waals surface area contributed by atoms with Gasteiger partial charge in [0, 0.05) is 25.7 Å². The van der Waals surface area contributed by atoms with Crippen molar-refractivity contribution in [2.24, 2.45) is 11.8 Å². The van der Waals surface area contributed by atoms with Gasteiger partial charge in [0.05, 0.1) is 26.4 Å². The maximum Gasteiger partial charge on any atom is 0.472 e. The highest BCUT2D eigenvalue weighted by atomic mass is 31.2. The van der Waals surface area contributed by atoms with E-state index >= 15 is 0 Å². The third-order valence-corrected chi connectivity index (χ3v) is 23.1. The molecule has 0 rings (SSSR count). The number of carbonyl (C=O) groups is 4. The Morgan fingerprint density at radius 3 is 0.624 bits per heavy atom. The summed E-state index contributed by atoms with van der Waals surface area (Å²) in [7, 11) is -9.93. The van der Waals surface area contributed by atoms with E-state index in [4.69, 9.17) is 37.0 Å². The van der Waals surface area contributed by atoms with E-state index in [1.807, 2.05) is 0 Å². The summed E-state index contributed by atoms with van der Waals surface area (Å²) < 4.78 is 69.1. The van der Waals surface area contributed by atoms with E-state index in [1.54, 1.807) is 0 Å². The second-order valence-corrected chi connectivity index (χ2v) is 36.2. The Labute approximate surface area is 670 Å². The highest BCUT2D eigenvalue weighted by Crippen LogP contribution is 2.45. The number of rotatable bonds is 89. The molecule has 0 aromatic heterocycles. The number of esters is 4. The van der Waals surface area contributed by atoms with Crippen LogP contribution < -0.4 is 0 Å². The molecule has 0 spiro atoms. The molecular weight excluding hydrogens is 1410 g/mol. The Balaban J connectivity index is 5.26. The van der Waals surface area contributed by atoms with E-state index in [9.17, 15) is 43.2 Å². The molecule has 0 amide bonds. The quantitative estimate of drug-likeness (QED) is 0.0222. The van der Waals surface area contributed by atoms with Gasteiger partial charge in [-0.25, -0.2) is 9.13 Å². The molecule has 2 unspecified atom stereocenters. The summed E-state index contributed by atoms with van der Waals surface area (Å²) in [5.41, 5.74) is 0. The highest BCUT2D eigenvalue weighted by Gasteiger charge is 2.31. The fourth-order valence-electron chi connectivity index (χ4n) is 14.1. The molecule has 0 saturated heterocycles. The average Bonchev–Trinajstić information content (AvgIpc) is 0.876. The number of phosphoric ester groups is 2. The normalized spacial score (nSPS) is 13.8. The number of hydrogen-bond donors (Lipinski definition) is 3. The smallest absolute Gasteiger partial charge is 0.462 e. The van der Waals surface area contributed by atoms with Crippen LogP contribution in [0.3, 0.4) is 0 Å². The van der Waals surface area contributed by atoms with E-state index in [0.29, 0.717) is 25.7 Å². The lowest BCUT2D eigenvalue weighted by molar-refractivity contribution is -0.161. The largest absolute Gasteiger partial charge is 0.472 e. The molecule has 0 aliphatic rings. The zero-order chi connectivity index (χ0) is 79.9. The van der Waals surface area contributed by atoms with Crippen LogP contribution >= 0.6 is 15.6 Å². The van der Waals surface area contributed by atoms with Crippen LogP contribution in [0.25, 0.3) is 0 Å². The van der Waals surface area contributed by atoms with E-state index in [1.165, 1.54) is 302 Å². The zero-order valence-electron chi connectivity index (χ0n) is 71.9. The molecule has 0 fully saturated rings. The molecule has 0 saturated carbocycles. The first-order valence-corrected chi connectivity index (χ1v) is 49.5. The lowest BCUT2D eigenvalue weighted by Gasteiger charge is -2.21. The van der Waals surface area contributed by atoms with Crippen LogP contribution in [0.15, 0.2) is 0 Å². The lowest BCUT2D eigenvalue weighted by atomic mass is 10.0. The Hall–Kier alpha value is -1.94. The fourth-order valence-corrected chi connectivity index (χ4v) is 15.7. The van der Waals surface area contributed by atoms with E-state index in [0.717, 1.165) is 102 Å². The summed E-state index contributed by atoms with van der Waals surface area (Å²) in [6, 6.07) is 0.